The zero-order chi connectivity index (χ0) is 22.7. The molecule has 1 saturated carbocycles. The SMILES string of the molecule is CN(C(=O)COc1ccccc1C(=O)c1cc(C#N)c(=O)n(C2CC2)c1)c1ccccc1. The number of hydrogen-bond donors (Lipinski definition) is 0. The van der Waals surface area contributed by atoms with Crippen LogP contribution in [0.2, 0.25) is 0 Å². The van der Waals surface area contributed by atoms with Crippen LogP contribution in [0.3, 0.4) is 0 Å². The molecule has 1 aliphatic rings. The Kier molecular flexibility index (Phi) is 5.86. The van der Waals surface area contributed by atoms with Crippen molar-refractivity contribution < 1.29 is 14.3 Å². The number of benzene rings is 2. The van der Waals surface area contributed by atoms with Crippen molar-refractivity contribution in [3.63, 3.8) is 0 Å². The van der Waals surface area contributed by atoms with E-state index in [-0.39, 0.29) is 52.3 Å². The Bertz CT molecular complexity index is 1270. The van der Waals surface area contributed by atoms with E-state index in [1.165, 1.54) is 21.7 Å². The van der Waals surface area contributed by atoms with Crippen molar-refractivity contribution in [3.8, 4) is 11.8 Å². The lowest BCUT2D eigenvalue weighted by Crippen LogP contribution is -2.31. The second-order valence-electron chi connectivity index (χ2n) is 7.60. The van der Waals surface area contributed by atoms with Crippen molar-refractivity contribution in [1.82, 2.24) is 4.57 Å². The summed E-state index contributed by atoms with van der Waals surface area (Å²) in [5.41, 5.74) is 0.771. The summed E-state index contributed by atoms with van der Waals surface area (Å²) >= 11 is 0. The Morgan fingerprint density at radius 3 is 2.50 bits per heavy atom. The molecule has 7 nitrogen and oxygen atoms in total. The molecule has 1 aromatic heterocycles. The third-order valence-corrected chi connectivity index (χ3v) is 5.37. The van der Waals surface area contributed by atoms with Gasteiger partial charge in [-0.25, -0.2) is 0 Å². The highest BCUT2D eigenvalue weighted by molar-refractivity contribution is 6.10. The van der Waals surface area contributed by atoms with Gasteiger partial charge >= 0.3 is 0 Å². The van der Waals surface area contributed by atoms with Crippen LogP contribution < -0.4 is 15.2 Å². The van der Waals surface area contributed by atoms with Crippen molar-refractivity contribution in [2.24, 2.45) is 0 Å². The van der Waals surface area contributed by atoms with Gasteiger partial charge < -0.3 is 14.2 Å². The molecule has 0 unspecified atom stereocenters. The number of likely N-dealkylation sites (N-methyl/N-ethyl adjacent to an activating group) is 1. The Labute approximate surface area is 185 Å². The first-order chi connectivity index (χ1) is 15.5. The largest absolute Gasteiger partial charge is 0.483 e. The zero-order valence-electron chi connectivity index (χ0n) is 17.5. The van der Waals surface area contributed by atoms with Gasteiger partial charge in [0, 0.05) is 30.5 Å². The first-order valence-electron chi connectivity index (χ1n) is 10.2. The molecule has 32 heavy (non-hydrogen) atoms. The molecule has 3 aromatic rings. The Morgan fingerprint density at radius 1 is 1.12 bits per heavy atom. The summed E-state index contributed by atoms with van der Waals surface area (Å²) in [4.78, 5) is 39.7. The van der Waals surface area contributed by atoms with Gasteiger partial charge in [-0.15, -0.1) is 0 Å². The number of para-hydroxylation sites is 2. The van der Waals surface area contributed by atoms with E-state index < -0.39 is 0 Å². The van der Waals surface area contributed by atoms with Crippen LogP contribution >= 0.6 is 0 Å². The molecule has 0 saturated heterocycles. The number of ether oxygens (including phenoxy) is 1. The first-order valence-corrected chi connectivity index (χ1v) is 10.2. The maximum atomic E-state index is 13.2. The van der Waals surface area contributed by atoms with Crippen molar-refractivity contribution >= 4 is 17.4 Å². The van der Waals surface area contributed by atoms with Crippen LogP contribution in [0.25, 0.3) is 0 Å². The summed E-state index contributed by atoms with van der Waals surface area (Å²) in [6.45, 7) is -0.249. The molecular formula is C25H21N3O4. The highest BCUT2D eigenvalue weighted by atomic mass is 16.5. The number of carbonyl (C=O) groups excluding carboxylic acids is 2. The average molecular weight is 427 g/mol. The monoisotopic (exact) mass is 427 g/mol. The molecule has 160 valence electrons. The molecule has 1 heterocycles. The molecule has 2 aromatic carbocycles. The highest BCUT2D eigenvalue weighted by Crippen LogP contribution is 2.34. The van der Waals surface area contributed by atoms with Gasteiger partial charge in [0.15, 0.2) is 12.4 Å². The molecule has 0 atom stereocenters. The molecule has 7 heteroatoms. The summed E-state index contributed by atoms with van der Waals surface area (Å²) in [7, 11) is 1.66. The van der Waals surface area contributed by atoms with Gasteiger partial charge in [0.2, 0.25) is 0 Å². The van der Waals surface area contributed by atoms with Crippen LogP contribution in [-0.2, 0) is 4.79 Å². The smallest absolute Gasteiger partial charge is 0.268 e. The normalized spacial score (nSPS) is 12.6. The predicted molar refractivity (Wildman–Crippen MR) is 119 cm³/mol. The topological polar surface area (TPSA) is 92.4 Å². The van der Waals surface area contributed by atoms with Gasteiger partial charge in [-0.2, -0.15) is 5.26 Å². The van der Waals surface area contributed by atoms with E-state index in [9.17, 15) is 19.6 Å². The lowest BCUT2D eigenvalue weighted by Gasteiger charge is -2.18. The van der Waals surface area contributed by atoms with Crippen molar-refractivity contribution in [2.45, 2.75) is 18.9 Å². The second-order valence-corrected chi connectivity index (χ2v) is 7.60. The van der Waals surface area contributed by atoms with Gasteiger partial charge in [0.25, 0.3) is 11.5 Å². The quantitative estimate of drug-likeness (QED) is 0.539. The molecular weight excluding hydrogens is 406 g/mol. The van der Waals surface area contributed by atoms with Crippen LogP contribution in [0.1, 0.15) is 40.4 Å². The number of amides is 1. The molecule has 1 amide bonds. The van der Waals surface area contributed by atoms with Gasteiger partial charge in [-0.05, 0) is 43.2 Å². The van der Waals surface area contributed by atoms with E-state index in [1.807, 2.05) is 36.4 Å². The number of hydrogen-bond acceptors (Lipinski definition) is 5. The van der Waals surface area contributed by atoms with Gasteiger partial charge in [0.1, 0.15) is 17.4 Å². The fourth-order valence-corrected chi connectivity index (χ4v) is 3.40. The van der Waals surface area contributed by atoms with Crippen LogP contribution in [-0.4, -0.2) is 29.9 Å². The van der Waals surface area contributed by atoms with E-state index in [2.05, 4.69) is 0 Å². The lowest BCUT2D eigenvalue weighted by atomic mass is 10.0. The number of nitrogens with zero attached hydrogens (tertiary/aromatic N) is 3. The molecule has 0 radical (unpaired) electrons. The van der Waals surface area contributed by atoms with Crippen molar-refractivity contribution in [2.75, 3.05) is 18.6 Å². The van der Waals surface area contributed by atoms with Crippen LogP contribution in [0.15, 0.2) is 71.7 Å². The molecule has 0 aliphatic heterocycles. The van der Waals surface area contributed by atoms with E-state index in [4.69, 9.17) is 4.74 Å². The Morgan fingerprint density at radius 2 is 1.81 bits per heavy atom. The number of carbonyl (C=O) groups is 2. The number of rotatable bonds is 7. The summed E-state index contributed by atoms with van der Waals surface area (Å²) in [5.74, 6) is -0.391. The highest BCUT2D eigenvalue weighted by Gasteiger charge is 2.27. The third-order valence-electron chi connectivity index (χ3n) is 5.37. The Balaban J connectivity index is 1.57. The number of nitriles is 1. The van der Waals surface area contributed by atoms with Crippen LogP contribution in [0.5, 0.6) is 5.75 Å². The van der Waals surface area contributed by atoms with Gasteiger partial charge in [-0.3, -0.25) is 14.4 Å². The number of anilines is 1. The van der Waals surface area contributed by atoms with E-state index in [0.29, 0.717) is 0 Å². The van der Waals surface area contributed by atoms with Crippen LogP contribution in [0, 0.1) is 11.3 Å². The summed E-state index contributed by atoms with van der Waals surface area (Å²) in [6, 6.07) is 19.0. The molecule has 0 spiro atoms. The summed E-state index contributed by atoms with van der Waals surface area (Å²) < 4.78 is 7.17. The summed E-state index contributed by atoms with van der Waals surface area (Å²) in [6.07, 6.45) is 3.20. The molecule has 0 bridgehead atoms. The standard InChI is InChI=1S/C25H21N3O4/c1-27(19-7-3-2-4-8-19)23(29)16-32-22-10-6-5-9-21(22)24(30)18-13-17(14-26)25(31)28(15-18)20-11-12-20/h2-10,13,15,20H,11-12,16H2,1H3. The van der Waals surface area contributed by atoms with E-state index >= 15 is 0 Å². The number of pyridine rings is 1. The predicted octanol–water partition coefficient (Wildman–Crippen LogP) is 3.33. The average Bonchev–Trinajstić information content (AvgIpc) is 3.68. The minimum atomic E-state index is -0.384. The minimum Gasteiger partial charge on any atom is -0.483 e. The molecule has 1 aliphatic carbocycles. The van der Waals surface area contributed by atoms with Gasteiger partial charge in [-0.1, -0.05) is 30.3 Å². The van der Waals surface area contributed by atoms with Crippen molar-refractivity contribution in [3.05, 3.63) is 93.9 Å². The fourth-order valence-electron chi connectivity index (χ4n) is 3.40. The number of aromatic nitrogens is 1. The van der Waals surface area contributed by atoms with Gasteiger partial charge in [0.05, 0.1) is 5.56 Å². The first kappa shape index (κ1) is 21.1. The molecule has 0 N–H and O–H groups in total. The van der Waals surface area contributed by atoms with Crippen LogP contribution in [0.4, 0.5) is 5.69 Å². The molecule has 1 fully saturated rings. The van der Waals surface area contributed by atoms with Crippen molar-refractivity contribution in [1.29, 1.82) is 5.26 Å². The lowest BCUT2D eigenvalue weighted by molar-refractivity contribution is -0.120. The fraction of sp³-hybridized carbons (Fsp3) is 0.200. The van der Waals surface area contributed by atoms with E-state index in [0.717, 1.165) is 18.5 Å². The van der Waals surface area contributed by atoms with E-state index in [1.54, 1.807) is 31.3 Å². The minimum absolute atomic E-state index is 0.0278. The third kappa shape index (κ3) is 4.30. The maximum Gasteiger partial charge on any atom is 0.268 e. The maximum absolute atomic E-state index is 13.2. The number of ketones is 1. The Hall–Kier alpha value is -4.18. The zero-order valence-corrected chi connectivity index (χ0v) is 17.5. The summed E-state index contributed by atoms with van der Waals surface area (Å²) in [5, 5.41) is 9.33. The second kappa shape index (κ2) is 8.90. The molecule has 4 rings (SSSR count).